The van der Waals surface area contributed by atoms with Gasteiger partial charge >= 0.3 is 6.18 Å². The summed E-state index contributed by atoms with van der Waals surface area (Å²) < 4.78 is 45.5. The number of hydrogen-bond acceptors (Lipinski definition) is 3. The summed E-state index contributed by atoms with van der Waals surface area (Å²) in [6.45, 7) is 0.193. The molecule has 0 radical (unpaired) electrons. The molecule has 0 aliphatic rings. The SMILES string of the molecule is COCCN(CCOC)CC(F)(F)F. The molecule has 3 nitrogen and oxygen atoms in total. The van der Waals surface area contributed by atoms with E-state index < -0.39 is 12.7 Å². The Kier molecular flexibility index (Phi) is 6.86. The Bertz CT molecular complexity index is 133. The summed E-state index contributed by atoms with van der Waals surface area (Å²) in [5.74, 6) is 0. The molecule has 0 atom stereocenters. The van der Waals surface area contributed by atoms with Gasteiger partial charge in [-0.15, -0.1) is 0 Å². The zero-order chi connectivity index (χ0) is 11.0. The van der Waals surface area contributed by atoms with E-state index >= 15 is 0 Å². The molecule has 0 heterocycles. The van der Waals surface area contributed by atoms with E-state index in [0.29, 0.717) is 13.2 Å². The van der Waals surface area contributed by atoms with Gasteiger partial charge in [-0.05, 0) is 0 Å². The van der Waals surface area contributed by atoms with E-state index in [1.807, 2.05) is 0 Å². The van der Waals surface area contributed by atoms with Gasteiger partial charge in [-0.25, -0.2) is 0 Å². The molecule has 0 N–H and O–H groups in total. The predicted molar refractivity (Wildman–Crippen MR) is 46.2 cm³/mol. The van der Waals surface area contributed by atoms with Crippen LogP contribution in [0.25, 0.3) is 0 Å². The Morgan fingerprint density at radius 2 is 1.43 bits per heavy atom. The van der Waals surface area contributed by atoms with Crippen molar-refractivity contribution in [3.8, 4) is 0 Å². The molecule has 0 aliphatic carbocycles. The van der Waals surface area contributed by atoms with Gasteiger partial charge in [-0.3, -0.25) is 4.90 Å². The largest absolute Gasteiger partial charge is 0.401 e. The fraction of sp³-hybridized carbons (Fsp3) is 1.00. The highest BCUT2D eigenvalue weighted by Gasteiger charge is 2.30. The molecule has 6 heteroatoms. The molecule has 0 saturated carbocycles. The molecule has 0 amide bonds. The summed E-state index contributed by atoms with van der Waals surface area (Å²) in [7, 11) is 2.92. The van der Waals surface area contributed by atoms with Gasteiger partial charge in [0.05, 0.1) is 19.8 Å². The maximum Gasteiger partial charge on any atom is 0.401 e. The van der Waals surface area contributed by atoms with Crippen LogP contribution in [0.4, 0.5) is 13.2 Å². The van der Waals surface area contributed by atoms with Gasteiger partial charge in [0.1, 0.15) is 0 Å². The molecule has 0 rings (SSSR count). The summed E-state index contributed by atoms with van der Waals surface area (Å²) in [6, 6.07) is 0. The molecule has 0 aromatic rings. The average Bonchev–Trinajstić information content (AvgIpc) is 2.07. The van der Waals surface area contributed by atoms with Crippen molar-refractivity contribution >= 4 is 0 Å². The first-order valence-electron chi connectivity index (χ1n) is 4.26. The number of ether oxygens (including phenoxy) is 2. The standard InChI is InChI=1S/C8H16F3NO2/c1-13-5-3-12(4-6-14-2)7-8(9,10)11/h3-7H2,1-2H3. The van der Waals surface area contributed by atoms with Crippen LogP contribution in [0.2, 0.25) is 0 Å². The van der Waals surface area contributed by atoms with Gasteiger partial charge in [-0.1, -0.05) is 0 Å². The van der Waals surface area contributed by atoms with Gasteiger partial charge in [0.2, 0.25) is 0 Å². The quantitative estimate of drug-likeness (QED) is 0.635. The molecule has 0 saturated heterocycles. The fourth-order valence-electron chi connectivity index (χ4n) is 0.964. The predicted octanol–water partition coefficient (Wildman–Crippen LogP) is 1.14. The van der Waals surface area contributed by atoms with Gasteiger partial charge < -0.3 is 9.47 Å². The van der Waals surface area contributed by atoms with Crippen LogP contribution in [0.15, 0.2) is 0 Å². The van der Waals surface area contributed by atoms with Gasteiger partial charge in [0.15, 0.2) is 0 Å². The Morgan fingerprint density at radius 3 is 1.71 bits per heavy atom. The third-order valence-electron chi connectivity index (χ3n) is 1.63. The van der Waals surface area contributed by atoms with Crippen molar-refractivity contribution in [2.24, 2.45) is 0 Å². The van der Waals surface area contributed by atoms with Crippen molar-refractivity contribution in [1.29, 1.82) is 0 Å². The highest BCUT2D eigenvalue weighted by Crippen LogP contribution is 2.15. The number of nitrogens with zero attached hydrogens (tertiary/aromatic N) is 1. The maximum absolute atomic E-state index is 12.0. The number of alkyl halides is 3. The van der Waals surface area contributed by atoms with Crippen molar-refractivity contribution < 1.29 is 22.6 Å². The van der Waals surface area contributed by atoms with Crippen molar-refractivity contribution in [3.63, 3.8) is 0 Å². The van der Waals surface area contributed by atoms with E-state index in [0.717, 1.165) is 0 Å². The van der Waals surface area contributed by atoms with E-state index in [9.17, 15) is 13.2 Å². The minimum atomic E-state index is -4.17. The molecule has 0 aromatic heterocycles. The molecule has 0 bridgehead atoms. The molecule has 0 aromatic carbocycles. The Balaban J connectivity index is 3.84. The lowest BCUT2D eigenvalue weighted by Crippen LogP contribution is -2.38. The molecule has 86 valence electrons. The summed E-state index contributed by atoms with van der Waals surface area (Å²) in [5.41, 5.74) is 0. The smallest absolute Gasteiger partial charge is 0.383 e. The first-order chi connectivity index (χ1) is 6.49. The van der Waals surface area contributed by atoms with Crippen LogP contribution in [-0.4, -0.2) is 58.1 Å². The number of rotatable bonds is 7. The van der Waals surface area contributed by atoms with E-state index in [1.165, 1.54) is 19.1 Å². The molecule has 0 unspecified atom stereocenters. The topological polar surface area (TPSA) is 21.7 Å². The van der Waals surface area contributed by atoms with Crippen LogP contribution in [0.1, 0.15) is 0 Å². The minimum Gasteiger partial charge on any atom is -0.383 e. The fourth-order valence-corrected chi connectivity index (χ4v) is 0.964. The van der Waals surface area contributed by atoms with Crippen molar-refractivity contribution in [2.75, 3.05) is 47.1 Å². The summed E-state index contributed by atoms with van der Waals surface area (Å²) in [5, 5.41) is 0. The average molecular weight is 215 g/mol. The second-order valence-corrected chi connectivity index (χ2v) is 2.88. The zero-order valence-corrected chi connectivity index (χ0v) is 8.43. The summed E-state index contributed by atoms with van der Waals surface area (Å²) in [6.07, 6.45) is -4.17. The monoisotopic (exact) mass is 215 g/mol. The van der Waals surface area contributed by atoms with Crippen molar-refractivity contribution in [3.05, 3.63) is 0 Å². The Hall–Kier alpha value is -0.330. The van der Waals surface area contributed by atoms with Crippen molar-refractivity contribution in [1.82, 2.24) is 4.90 Å². The van der Waals surface area contributed by atoms with E-state index in [-0.39, 0.29) is 13.1 Å². The lowest BCUT2D eigenvalue weighted by Gasteiger charge is -2.22. The minimum absolute atomic E-state index is 0.263. The van der Waals surface area contributed by atoms with Gasteiger partial charge in [-0.2, -0.15) is 13.2 Å². The van der Waals surface area contributed by atoms with Crippen molar-refractivity contribution in [2.45, 2.75) is 6.18 Å². The first-order valence-corrected chi connectivity index (χ1v) is 4.26. The number of halogens is 3. The number of hydrogen-bond donors (Lipinski definition) is 0. The molecule has 0 fully saturated rings. The van der Waals surface area contributed by atoms with Crippen LogP contribution in [0, 0.1) is 0 Å². The normalized spacial score (nSPS) is 12.4. The zero-order valence-electron chi connectivity index (χ0n) is 8.43. The lowest BCUT2D eigenvalue weighted by atomic mass is 10.4. The second-order valence-electron chi connectivity index (χ2n) is 2.88. The number of methoxy groups -OCH3 is 2. The van der Waals surface area contributed by atoms with Gasteiger partial charge in [0, 0.05) is 27.3 Å². The maximum atomic E-state index is 12.0. The van der Waals surface area contributed by atoms with Crippen LogP contribution >= 0.6 is 0 Å². The summed E-state index contributed by atoms with van der Waals surface area (Å²) in [4.78, 5) is 1.26. The van der Waals surface area contributed by atoms with E-state index in [1.54, 1.807) is 0 Å². The second kappa shape index (κ2) is 7.03. The van der Waals surface area contributed by atoms with E-state index in [4.69, 9.17) is 9.47 Å². The molecule has 0 aliphatic heterocycles. The Morgan fingerprint density at radius 1 is 1.00 bits per heavy atom. The van der Waals surface area contributed by atoms with Crippen LogP contribution in [0.3, 0.4) is 0 Å². The van der Waals surface area contributed by atoms with Crippen LogP contribution in [0.5, 0.6) is 0 Å². The third-order valence-corrected chi connectivity index (χ3v) is 1.63. The lowest BCUT2D eigenvalue weighted by molar-refractivity contribution is -0.148. The third kappa shape index (κ3) is 8.28. The van der Waals surface area contributed by atoms with Crippen LogP contribution in [-0.2, 0) is 9.47 Å². The highest BCUT2D eigenvalue weighted by atomic mass is 19.4. The Labute approximate surface area is 81.8 Å². The molecule has 14 heavy (non-hydrogen) atoms. The first kappa shape index (κ1) is 13.7. The van der Waals surface area contributed by atoms with E-state index in [2.05, 4.69) is 0 Å². The molecule has 0 spiro atoms. The molecular weight excluding hydrogens is 199 g/mol. The highest BCUT2D eigenvalue weighted by molar-refractivity contribution is 4.62. The summed E-state index contributed by atoms with van der Waals surface area (Å²) >= 11 is 0. The van der Waals surface area contributed by atoms with Crippen LogP contribution < -0.4 is 0 Å². The molecular formula is C8H16F3NO2. The van der Waals surface area contributed by atoms with Gasteiger partial charge in [0.25, 0.3) is 0 Å².